The Hall–Kier alpha value is -1.06. The molecule has 1 aliphatic rings. The van der Waals surface area contributed by atoms with E-state index in [4.69, 9.17) is 11.6 Å². The number of nitrogens with one attached hydrogen (secondary N) is 1. The zero-order chi connectivity index (χ0) is 11.3. The van der Waals surface area contributed by atoms with Crippen molar-refractivity contribution in [3.8, 4) is 0 Å². The van der Waals surface area contributed by atoms with Gasteiger partial charge in [0.05, 0.1) is 10.5 Å². The van der Waals surface area contributed by atoms with E-state index < -0.39 is 0 Å². The molecule has 0 fully saturated rings. The molecule has 0 spiro atoms. The molecule has 1 aliphatic heterocycles. The van der Waals surface area contributed by atoms with E-state index >= 15 is 0 Å². The molecule has 4 heteroatoms. The molecule has 3 rings (SSSR count). The molecule has 16 heavy (non-hydrogen) atoms. The highest BCUT2D eigenvalue weighted by Crippen LogP contribution is 2.30. The molecule has 1 aromatic carbocycles. The van der Waals surface area contributed by atoms with E-state index in [1.165, 1.54) is 11.8 Å². The van der Waals surface area contributed by atoms with Crippen LogP contribution >= 0.6 is 11.6 Å². The van der Waals surface area contributed by atoms with Crippen LogP contribution in [-0.4, -0.2) is 11.1 Å². The summed E-state index contributed by atoms with van der Waals surface area (Å²) in [6, 6.07) is 5.63. The maximum Gasteiger partial charge on any atom is 0.142 e. The number of rotatable bonds is 0. The van der Waals surface area contributed by atoms with Crippen molar-refractivity contribution in [1.82, 2.24) is 9.88 Å². The third-order valence-corrected chi connectivity index (χ3v) is 3.44. The molecule has 1 aromatic heterocycles. The van der Waals surface area contributed by atoms with Crippen LogP contribution in [0.3, 0.4) is 0 Å². The Labute approximate surface area is 98.0 Å². The summed E-state index contributed by atoms with van der Waals surface area (Å²) < 4.78 is 15.6. The first-order valence-electron chi connectivity index (χ1n) is 5.36. The van der Waals surface area contributed by atoms with E-state index in [0.29, 0.717) is 6.04 Å². The third-order valence-electron chi connectivity index (χ3n) is 3.15. The molecule has 0 saturated carbocycles. The van der Waals surface area contributed by atoms with Gasteiger partial charge in [-0.25, -0.2) is 4.39 Å². The lowest BCUT2D eigenvalue weighted by atomic mass is 10.2. The minimum absolute atomic E-state index is 0.194. The first kappa shape index (κ1) is 10.1. The van der Waals surface area contributed by atoms with Crippen LogP contribution in [0.1, 0.15) is 18.7 Å². The summed E-state index contributed by atoms with van der Waals surface area (Å²) in [5.74, 6) is -0.349. The molecular weight excluding hydrogens is 227 g/mol. The van der Waals surface area contributed by atoms with Crippen LogP contribution in [-0.2, 0) is 6.54 Å². The Bertz CT molecular complexity index is 562. The third kappa shape index (κ3) is 1.35. The van der Waals surface area contributed by atoms with Crippen LogP contribution in [0.5, 0.6) is 0 Å². The number of benzene rings is 1. The summed E-state index contributed by atoms with van der Waals surface area (Å²) in [7, 11) is 0. The molecule has 2 heterocycles. The van der Waals surface area contributed by atoms with E-state index in [1.807, 2.05) is 6.07 Å². The summed E-state index contributed by atoms with van der Waals surface area (Å²) in [6.07, 6.45) is 0. The summed E-state index contributed by atoms with van der Waals surface area (Å²) >= 11 is 5.83. The van der Waals surface area contributed by atoms with E-state index in [0.717, 1.165) is 24.0 Å². The van der Waals surface area contributed by atoms with Crippen molar-refractivity contribution in [3.63, 3.8) is 0 Å². The van der Waals surface area contributed by atoms with Gasteiger partial charge in [0.1, 0.15) is 5.82 Å². The van der Waals surface area contributed by atoms with Crippen molar-refractivity contribution < 1.29 is 4.39 Å². The first-order chi connectivity index (χ1) is 7.66. The van der Waals surface area contributed by atoms with Gasteiger partial charge in [0.15, 0.2) is 0 Å². The van der Waals surface area contributed by atoms with Gasteiger partial charge in [-0.2, -0.15) is 0 Å². The molecule has 0 amide bonds. The summed E-state index contributed by atoms with van der Waals surface area (Å²) in [5.41, 5.74) is 2.21. The van der Waals surface area contributed by atoms with Gasteiger partial charge in [0, 0.05) is 30.2 Å². The second-order valence-electron chi connectivity index (χ2n) is 4.31. The van der Waals surface area contributed by atoms with Gasteiger partial charge in [0.25, 0.3) is 0 Å². The van der Waals surface area contributed by atoms with Crippen LogP contribution < -0.4 is 5.32 Å². The SMILES string of the molecule is CC1CNCc2cc3cc(F)c(Cl)cc3n21. The highest BCUT2D eigenvalue weighted by Gasteiger charge is 2.19. The monoisotopic (exact) mass is 238 g/mol. The second kappa shape index (κ2) is 3.47. The van der Waals surface area contributed by atoms with E-state index in [2.05, 4.69) is 16.8 Å². The van der Waals surface area contributed by atoms with Crippen LogP contribution in [0.25, 0.3) is 10.9 Å². The molecule has 0 saturated heterocycles. The van der Waals surface area contributed by atoms with Crippen LogP contribution in [0.2, 0.25) is 5.02 Å². The molecular formula is C12H12ClFN2. The Morgan fingerprint density at radius 2 is 2.25 bits per heavy atom. The second-order valence-corrected chi connectivity index (χ2v) is 4.72. The van der Waals surface area contributed by atoms with Gasteiger partial charge in [-0.3, -0.25) is 0 Å². The average Bonchev–Trinajstić information content (AvgIpc) is 2.58. The summed E-state index contributed by atoms with van der Waals surface area (Å²) in [5, 5.41) is 4.45. The number of hydrogen-bond donors (Lipinski definition) is 1. The number of fused-ring (bicyclic) bond motifs is 3. The fourth-order valence-corrected chi connectivity index (χ4v) is 2.59. The lowest BCUT2D eigenvalue weighted by Gasteiger charge is -2.24. The Morgan fingerprint density at radius 1 is 1.44 bits per heavy atom. The molecule has 0 radical (unpaired) electrons. The van der Waals surface area contributed by atoms with Crippen molar-refractivity contribution in [2.24, 2.45) is 0 Å². The van der Waals surface area contributed by atoms with Gasteiger partial charge in [-0.15, -0.1) is 0 Å². The largest absolute Gasteiger partial charge is 0.339 e. The van der Waals surface area contributed by atoms with Crippen LogP contribution in [0.15, 0.2) is 18.2 Å². The van der Waals surface area contributed by atoms with Gasteiger partial charge < -0.3 is 9.88 Å². The number of nitrogens with zero attached hydrogens (tertiary/aromatic N) is 1. The lowest BCUT2D eigenvalue weighted by Crippen LogP contribution is -2.30. The maximum absolute atomic E-state index is 13.4. The number of halogens is 2. The molecule has 84 valence electrons. The molecule has 1 atom stereocenters. The molecule has 2 aromatic rings. The van der Waals surface area contributed by atoms with E-state index in [1.54, 1.807) is 6.07 Å². The fourth-order valence-electron chi connectivity index (χ4n) is 2.44. The van der Waals surface area contributed by atoms with Crippen molar-refractivity contribution in [1.29, 1.82) is 0 Å². The zero-order valence-corrected chi connectivity index (χ0v) is 9.68. The van der Waals surface area contributed by atoms with Gasteiger partial charge in [-0.05, 0) is 25.1 Å². The standard InChI is InChI=1S/C12H12ClFN2/c1-7-5-15-6-9-2-8-3-11(14)10(13)4-12(8)16(7)9/h2-4,7,15H,5-6H2,1H3. The summed E-state index contributed by atoms with van der Waals surface area (Å²) in [6.45, 7) is 3.91. The fraction of sp³-hybridized carbons (Fsp3) is 0.333. The highest BCUT2D eigenvalue weighted by atomic mass is 35.5. The van der Waals surface area contributed by atoms with Crippen LogP contribution in [0, 0.1) is 5.82 Å². The topological polar surface area (TPSA) is 17.0 Å². The van der Waals surface area contributed by atoms with E-state index in [-0.39, 0.29) is 10.8 Å². The van der Waals surface area contributed by atoms with Gasteiger partial charge >= 0.3 is 0 Å². The zero-order valence-electron chi connectivity index (χ0n) is 8.93. The normalized spacial score (nSPS) is 20.1. The predicted octanol–water partition coefficient (Wildman–Crippen LogP) is 3.10. The van der Waals surface area contributed by atoms with Crippen molar-refractivity contribution in [2.75, 3.05) is 6.54 Å². The molecule has 0 bridgehead atoms. The average molecular weight is 239 g/mol. The predicted molar refractivity (Wildman–Crippen MR) is 63.3 cm³/mol. The Balaban J connectivity index is 2.34. The van der Waals surface area contributed by atoms with Crippen molar-refractivity contribution >= 4 is 22.5 Å². The first-order valence-corrected chi connectivity index (χ1v) is 5.74. The maximum atomic E-state index is 13.4. The molecule has 2 nitrogen and oxygen atoms in total. The molecule has 1 N–H and O–H groups in total. The highest BCUT2D eigenvalue weighted by molar-refractivity contribution is 6.31. The number of hydrogen-bond acceptors (Lipinski definition) is 1. The van der Waals surface area contributed by atoms with Crippen molar-refractivity contribution in [2.45, 2.75) is 19.5 Å². The minimum atomic E-state index is -0.349. The van der Waals surface area contributed by atoms with Crippen LogP contribution in [0.4, 0.5) is 4.39 Å². The Morgan fingerprint density at radius 3 is 3.06 bits per heavy atom. The molecule has 0 aliphatic carbocycles. The lowest BCUT2D eigenvalue weighted by molar-refractivity contribution is 0.439. The quantitative estimate of drug-likeness (QED) is 0.746. The number of aromatic nitrogens is 1. The van der Waals surface area contributed by atoms with Crippen molar-refractivity contribution in [3.05, 3.63) is 34.7 Å². The van der Waals surface area contributed by atoms with Gasteiger partial charge in [0.2, 0.25) is 0 Å². The van der Waals surface area contributed by atoms with E-state index in [9.17, 15) is 4.39 Å². The Kier molecular flexibility index (Phi) is 2.19. The molecule has 1 unspecified atom stereocenters. The summed E-state index contributed by atoms with van der Waals surface area (Å²) in [4.78, 5) is 0. The minimum Gasteiger partial charge on any atom is -0.339 e. The van der Waals surface area contributed by atoms with Gasteiger partial charge in [-0.1, -0.05) is 11.6 Å². The smallest absolute Gasteiger partial charge is 0.142 e.